The van der Waals surface area contributed by atoms with Crippen molar-refractivity contribution in [2.24, 2.45) is 0 Å². The van der Waals surface area contributed by atoms with E-state index in [2.05, 4.69) is 144 Å². The first kappa shape index (κ1) is 22.1. The van der Waals surface area contributed by atoms with Gasteiger partial charge in [-0.15, -0.1) is 0 Å². The number of hydrogen-bond acceptors (Lipinski definition) is 1. The summed E-state index contributed by atoms with van der Waals surface area (Å²) < 4.78 is 2.41. The van der Waals surface area contributed by atoms with E-state index < -0.39 is 0 Å². The highest BCUT2D eigenvalue weighted by atomic mass is 32.2. The third-order valence-corrected chi connectivity index (χ3v) is 9.52. The Kier molecular flexibility index (Phi) is 4.61. The third-order valence-electron chi connectivity index (χ3n) is 8.38. The lowest BCUT2D eigenvalue weighted by Gasteiger charge is -2.22. The van der Waals surface area contributed by atoms with Gasteiger partial charge in [0, 0.05) is 31.6 Å². The van der Waals surface area contributed by atoms with E-state index in [1.54, 1.807) is 0 Å². The largest absolute Gasteiger partial charge is 0.309 e. The van der Waals surface area contributed by atoms with Gasteiger partial charge in [0.1, 0.15) is 0 Å². The fourth-order valence-corrected chi connectivity index (χ4v) is 7.86. The van der Waals surface area contributed by atoms with Crippen molar-refractivity contribution in [1.82, 2.24) is 4.57 Å². The van der Waals surface area contributed by atoms with Crippen molar-refractivity contribution in [2.75, 3.05) is 0 Å². The predicted octanol–water partition coefficient (Wildman–Crippen LogP) is 10.9. The van der Waals surface area contributed by atoms with E-state index in [-0.39, 0.29) is 0 Å². The van der Waals surface area contributed by atoms with Gasteiger partial charge in [-0.05, 0) is 74.8 Å². The maximum atomic E-state index is 2.41. The fraction of sp³-hybridized carbons (Fsp3) is 0. The Hall–Kier alpha value is -4.79. The van der Waals surface area contributed by atoms with Gasteiger partial charge in [-0.2, -0.15) is 0 Å². The zero-order valence-electron chi connectivity index (χ0n) is 21.6. The van der Waals surface area contributed by atoms with Gasteiger partial charge >= 0.3 is 0 Å². The summed E-state index contributed by atoms with van der Waals surface area (Å²) in [6.07, 6.45) is 0. The quantitative estimate of drug-likeness (QED) is 0.217. The number of aromatic nitrogens is 1. The number of nitrogens with zero attached hydrogens (tertiary/aromatic N) is 1. The van der Waals surface area contributed by atoms with Gasteiger partial charge in [-0.25, -0.2) is 0 Å². The molecule has 0 saturated carbocycles. The van der Waals surface area contributed by atoms with Crippen molar-refractivity contribution in [2.45, 2.75) is 9.79 Å². The van der Waals surface area contributed by atoms with Crippen molar-refractivity contribution in [3.8, 4) is 27.9 Å². The molecule has 0 N–H and O–H groups in total. The predicted molar refractivity (Wildman–Crippen MR) is 171 cm³/mol. The van der Waals surface area contributed by atoms with Gasteiger partial charge in [0.05, 0.1) is 11.0 Å². The Morgan fingerprint density at radius 1 is 0.375 bits per heavy atom. The summed E-state index contributed by atoms with van der Waals surface area (Å²) in [6.45, 7) is 0. The number of rotatable bonds is 2. The zero-order valence-corrected chi connectivity index (χ0v) is 22.5. The smallest absolute Gasteiger partial charge is 0.0547 e. The molecule has 1 aromatic heterocycles. The van der Waals surface area contributed by atoms with E-state index >= 15 is 0 Å². The molecule has 0 atom stereocenters. The number of fused-ring (bicyclic) bond motifs is 7. The molecule has 0 saturated heterocycles. The Labute approximate surface area is 236 Å². The van der Waals surface area contributed by atoms with E-state index in [1.807, 2.05) is 11.8 Å². The zero-order chi connectivity index (χ0) is 26.2. The second kappa shape index (κ2) is 8.35. The number of hydrogen-bond donors (Lipinski definition) is 0. The highest BCUT2D eigenvalue weighted by Gasteiger charge is 2.22. The van der Waals surface area contributed by atoms with Crippen LogP contribution in [0.2, 0.25) is 0 Å². The molecule has 1 nitrogen and oxygen atoms in total. The molecular weight excluding hydrogens is 502 g/mol. The second-order valence-corrected chi connectivity index (χ2v) is 11.6. The van der Waals surface area contributed by atoms with Crippen LogP contribution in [-0.2, 0) is 0 Å². The van der Waals surface area contributed by atoms with E-state index in [4.69, 9.17) is 0 Å². The van der Waals surface area contributed by atoms with Gasteiger partial charge < -0.3 is 4.57 Å². The normalized spacial score (nSPS) is 12.4. The molecule has 40 heavy (non-hydrogen) atoms. The topological polar surface area (TPSA) is 4.93 Å². The van der Waals surface area contributed by atoms with Crippen molar-refractivity contribution >= 4 is 55.1 Å². The molecule has 9 rings (SSSR count). The molecule has 0 spiro atoms. The summed E-state index contributed by atoms with van der Waals surface area (Å²) in [6, 6.07) is 51.1. The first-order valence-electron chi connectivity index (χ1n) is 13.7. The van der Waals surface area contributed by atoms with Crippen LogP contribution in [0.15, 0.2) is 149 Å². The molecular formula is C38H23NS. The van der Waals surface area contributed by atoms with Crippen molar-refractivity contribution in [1.29, 1.82) is 0 Å². The molecule has 1 aliphatic heterocycles. The average molecular weight is 526 g/mol. The standard InChI is InChI=1S/C38H23NS/c1-2-11-25(12-3-1)39-32-18-6-4-14-31(32)38-33(39)22-20-24-10-8-15-28(36(24)38)26-21-23-35-37-29(26)16-9-17-30(37)27-13-5-7-19-34(27)40-35/h1-23H. The van der Waals surface area contributed by atoms with Gasteiger partial charge in [-0.1, -0.05) is 115 Å². The van der Waals surface area contributed by atoms with Crippen LogP contribution in [0.3, 0.4) is 0 Å². The maximum Gasteiger partial charge on any atom is 0.0547 e. The SMILES string of the molecule is c1ccc(-n2c3ccccc3c3c4c(-c5ccc6c7c(cccc57)-c5ccccc5S6)cccc4ccc32)cc1. The monoisotopic (exact) mass is 525 g/mol. The summed E-state index contributed by atoms with van der Waals surface area (Å²) in [5, 5.41) is 7.85. The highest BCUT2D eigenvalue weighted by Crippen LogP contribution is 2.50. The van der Waals surface area contributed by atoms with Crippen molar-refractivity contribution in [3.05, 3.63) is 140 Å². The second-order valence-electron chi connectivity index (χ2n) is 10.5. The first-order chi connectivity index (χ1) is 19.9. The van der Waals surface area contributed by atoms with Gasteiger partial charge in [-0.3, -0.25) is 0 Å². The van der Waals surface area contributed by atoms with Crippen LogP contribution in [0, 0.1) is 0 Å². The minimum Gasteiger partial charge on any atom is -0.309 e. The van der Waals surface area contributed by atoms with E-state index in [0.717, 1.165) is 0 Å². The van der Waals surface area contributed by atoms with Crippen molar-refractivity contribution in [3.63, 3.8) is 0 Å². The molecule has 0 unspecified atom stereocenters. The third kappa shape index (κ3) is 3.00. The highest BCUT2D eigenvalue weighted by molar-refractivity contribution is 7.99. The van der Waals surface area contributed by atoms with Crippen LogP contribution in [0.5, 0.6) is 0 Å². The van der Waals surface area contributed by atoms with Crippen LogP contribution in [0.4, 0.5) is 0 Å². The fourth-order valence-electron chi connectivity index (χ4n) is 6.73. The molecule has 2 heterocycles. The summed E-state index contributed by atoms with van der Waals surface area (Å²) >= 11 is 1.88. The lowest BCUT2D eigenvalue weighted by molar-refractivity contribution is 1.18. The van der Waals surface area contributed by atoms with Crippen LogP contribution in [0.1, 0.15) is 0 Å². The summed E-state index contributed by atoms with van der Waals surface area (Å²) in [7, 11) is 0. The number of para-hydroxylation sites is 2. The summed E-state index contributed by atoms with van der Waals surface area (Å²) in [4.78, 5) is 2.66. The van der Waals surface area contributed by atoms with Crippen molar-refractivity contribution < 1.29 is 0 Å². The maximum absolute atomic E-state index is 2.41. The average Bonchev–Trinajstić information content (AvgIpc) is 3.36. The van der Waals surface area contributed by atoms with Crippen LogP contribution in [0.25, 0.3) is 71.3 Å². The lowest BCUT2D eigenvalue weighted by Crippen LogP contribution is -1.94. The van der Waals surface area contributed by atoms with Gasteiger partial charge in [0.15, 0.2) is 0 Å². The minimum atomic E-state index is 1.18. The molecule has 1 aliphatic rings. The molecule has 0 aliphatic carbocycles. The van der Waals surface area contributed by atoms with Gasteiger partial charge in [0.25, 0.3) is 0 Å². The summed E-state index contributed by atoms with van der Waals surface area (Å²) in [5.41, 5.74) is 8.88. The Morgan fingerprint density at radius 2 is 1.10 bits per heavy atom. The molecule has 186 valence electrons. The minimum absolute atomic E-state index is 1.18. The van der Waals surface area contributed by atoms with Crippen LogP contribution >= 0.6 is 11.8 Å². The molecule has 7 aromatic carbocycles. The molecule has 0 fully saturated rings. The van der Waals surface area contributed by atoms with E-state index in [1.165, 1.54) is 81.1 Å². The van der Waals surface area contributed by atoms with E-state index in [0.29, 0.717) is 0 Å². The van der Waals surface area contributed by atoms with Crippen LogP contribution in [-0.4, -0.2) is 4.57 Å². The van der Waals surface area contributed by atoms with E-state index in [9.17, 15) is 0 Å². The lowest BCUT2D eigenvalue weighted by atomic mass is 9.89. The summed E-state index contributed by atoms with van der Waals surface area (Å²) in [5.74, 6) is 0. The Morgan fingerprint density at radius 3 is 2.02 bits per heavy atom. The Bertz CT molecular complexity index is 2290. The molecule has 0 radical (unpaired) electrons. The first-order valence-corrected chi connectivity index (χ1v) is 14.5. The molecule has 0 bridgehead atoms. The Balaban J connectivity index is 1.42. The molecule has 2 heteroatoms. The number of benzene rings is 7. The molecule has 0 amide bonds. The van der Waals surface area contributed by atoms with Crippen LogP contribution < -0.4 is 0 Å². The molecule has 8 aromatic rings. The van der Waals surface area contributed by atoms with Gasteiger partial charge in [0.2, 0.25) is 0 Å².